The predicted molar refractivity (Wildman–Crippen MR) is 287 cm³/mol. The van der Waals surface area contributed by atoms with E-state index in [4.69, 9.17) is 19.4 Å². The van der Waals surface area contributed by atoms with E-state index < -0.39 is 0 Å². The first-order valence-corrected chi connectivity index (χ1v) is 24.6. The van der Waals surface area contributed by atoms with Gasteiger partial charge in [0.05, 0.1) is 11.0 Å². The lowest BCUT2D eigenvalue weighted by Gasteiger charge is -2.26. The number of furan rings is 1. The van der Waals surface area contributed by atoms with Crippen LogP contribution in [0.1, 0.15) is 24.2 Å². The van der Waals surface area contributed by atoms with Crippen LogP contribution in [0, 0.1) is 0 Å². The summed E-state index contributed by atoms with van der Waals surface area (Å²) in [6.45, 7) is 0. The summed E-state index contributed by atoms with van der Waals surface area (Å²) >= 11 is 1.98. The van der Waals surface area contributed by atoms with E-state index in [1.165, 1.54) is 27.1 Å². The van der Waals surface area contributed by atoms with Gasteiger partial charge in [0.2, 0.25) is 5.95 Å². The Labute approximate surface area is 403 Å². The van der Waals surface area contributed by atoms with Crippen LogP contribution in [-0.2, 0) is 5.41 Å². The summed E-state index contributed by atoms with van der Waals surface area (Å²) in [6.07, 6.45) is 21.3. The number of fused-ring (bicyclic) bond motifs is 10. The zero-order valence-corrected chi connectivity index (χ0v) is 38.3. The lowest BCUT2D eigenvalue weighted by Crippen LogP contribution is -2.23. The van der Waals surface area contributed by atoms with Crippen LogP contribution in [0.5, 0.6) is 0 Å². The summed E-state index contributed by atoms with van der Waals surface area (Å²) in [6, 6.07) is 59.3. The van der Waals surface area contributed by atoms with Crippen molar-refractivity contribution < 1.29 is 4.42 Å². The lowest BCUT2D eigenvalue weighted by atomic mass is 9.77. The first kappa shape index (κ1) is 39.8. The molecule has 0 bridgehead atoms. The molecule has 6 heteroatoms. The number of para-hydroxylation sites is 2. The smallest absolute Gasteiger partial charge is 0.238 e. The second-order valence-electron chi connectivity index (χ2n) is 18.3. The fourth-order valence-corrected chi connectivity index (χ4v) is 12.3. The molecule has 69 heavy (non-hydrogen) atoms. The van der Waals surface area contributed by atoms with Crippen LogP contribution < -0.4 is 0 Å². The molecule has 4 heterocycles. The fourth-order valence-electron chi connectivity index (χ4n) is 10.8. The second kappa shape index (κ2) is 15.9. The Morgan fingerprint density at radius 1 is 0.493 bits per heavy atom. The summed E-state index contributed by atoms with van der Waals surface area (Å²) in [5, 5.41) is 6.68. The van der Waals surface area contributed by atoms with Gasteiger partial charge in [-0.15, -0.1) is 11.8 Å². The minimum atomic E-state index is 0.109. The first-order chi connectivity index (χ1) is 34.1. The summed E-state index contributed by atoms with van der Waals surface area (Å²) in [4.78, 5) is 17.5. The number of allylic oxidation sites excluding steroid dienone is 10. The topological polar surface area (TPSA) is 56.7 Å². The molecular weight excluding hydrogens is 861 g/mol. The van der Waals surface area contributed by atoms with Gasteiger partial charge in [-0.25, -0.2) is 4.98 Å². The zero-order valence-electron chi connectivity index (χ0n) is 37.5. The zero-order chi connectivity index (χ0) is 45.5. The van der Waals surface area contributed by atoms with E-state index in [1.807, 2.05) is 30.0 Å². The van der Waals surface area contributed by atoms with E-state index in [0.29, 0.717) is 24.0 Å². The van der Waals surface area contributed by atoms with Crippen molar-refractivity contribution in [3.63, 3.8) is 0 Å². The number of hydrogen-bond acceptors (Lipinski definition) is 5. The standard InChI is InChI=1S/C63H42N4OS/c1-2-5-17-41(16-4-1)60-64-61(47-28-30-51-50-23-8-9-26-55(50)68-56(51)37-47)66-62(65-60)67-58-48-22-7-6-15-40(48)27-31-53(58)52-25-14-24-49(59(52)67)46-21-13-20-44(36-46)42-18-12-19-43(35-42)45-29-32-54-57(38-45)69-39-63(54)33-10-3-11-34-63/h1-16,18-33,35-38H,17,34,39H2. The molecule has 3 aromatic heterocycles. The molecular formula is C63H42N4OS. The van der Waals surface area contributed by atoms with Crippen molar-refractivity contribution in [2.45, 2.75) is 23.2 Å². The Morgan fingerprint density at radius 3 is 2.09 bits per heavy atom. The number of benzene rings is 8. The van der Waals surface area contributed by atoms with Gasteiger partial charge in [0.15, 0.2) is 11.6 Å². The predicted octanol–water partition coefficient (Wildman–Crippen LogP) is 16.4. The van der Waals surface area contributed by atoms with E-state index >= 15 is 0 Å². The third-order valence-electron chi connectivity index (χ3n) is 14.3. The molecule has 0 amide bonds. The molecule has 3 aliphatic rings. The number of rotatable bonds is 6. The Bertz CT molecular complexity index is 4110. The van der Waals surface area contributed by atoms with Crippen LogP contribution >= 0.6 is 11.8 Å². The Hall–Kier alpha value is -8.32. The maximum Gasteiger partial charge on any atom is 0.238 e. The first-order valence-electron chi connectivity index (χ1n) is 23.6. The molecule has 326 valence electrons. The van der Waals surface area contributed by atoms with E-state index in [-0.39, 0.29) is 5.41 Å². The maximum atomic E-state index is 6.40. The molecule has 0 fully saturated rings. The fraction of sp³-hybridized carbons (Fsp3) is 0.0635. The largest absolute Gasteiger partial charge is 0.456 e. The van der Waals surface area contributed by atoms with Crippen LogP contribution in [0.3, 0.4) is 0 Å². The second-order valence-corrected chi connectivity index (χ2v) is 19.3. The third kappa shape index (κ3) is 6.58. The highest BCUT2D eigenvalue weighted by molar-refractivity contribution is 7.99. The molecule has 0 saturated heterocycles. The van der Waals surface area contributed by atoms with Gasteiger partial charge in [-0.1, -0.05) is 182 Å². The van der Waals surface area contributed by atoms with Crippen molar-refractivity contribution in [2.75, 3.05) is 5.75 Å². The van der Waals surface area contributed by atoms with Gasteiger partial charge >= 0.3 is 0 Å². The highest BCUT2D eigenvalue weighted by Crippen LogP contribution is 2.49. The molecule has 5 nitrogen and oxygen atoms in total. The Balaban J connectivity index is 0.950. The molecule has 0 N–H and O–H groups in total. The summed E-state index contributed by atoms with van der Waals surface area (Å²) in [5.74, 6) is 2.86. The minimum absolute atomic E-state index is 0.109. The molecule has 14 rings (SSSR count). The van der Waals surface area contributed by atoms with Gasteiger partial charge in [0, 0.05) is 59.7 Å². The van der Waals surface area contributed by atoms with Crippen LogP contribution in [-0.4, -0.2) is 25.3 Å². The van der Waals surface area contributed by atoms with E-state index in [0.717, 1.165) is 94.5 Å². The molecule has 1 atom stereocenters. The molecule has 1 aliphatic heterocycles. The Kier molecular flexibility index (Phi) is 9.17. The van der Waals surface area contributed by atoms with Gasteiger partial charge in [0.1, 0.15) is 11.2 Å². The molecule has 0 radical (unpaired) electrons. The molecule has 11 aromatic rings. The number of nitrogens with zero attached hydrogens (tertiary/aromatic N) is 4. The molecule has 2 aliphatic carbocycles. The number of hydrogen-bond donors (Lipinski definition) is 0. The normalized spacial score (nSPS) is 16.4. The van der Waals surface area contributed by atoms with Gasteiger partial charge in [0.25, 0.3) is 0 Å². The van der Waals surface area contributed by atoms with Gasteiger partial charge in [-0.2, -0.15) is 9.97 Å². The quantitative estimate of drug-likeness (QED) is 0.166. The highest BCUT2D eigenvalue weighted by atomic mass is 32.2. The van der Waals surface area contributed by atoms with Crippen molar-refractivity contribution in [3.8, 4) is 50.7 Å². The average Bonchev–Trinajstić information content (AvgIpc) is 3.98. The number of thioether (sulfide) groups is 1. The monoisotopic (exact) mass is 902 g/mol. The van der Waals surface area contributed by atoms with Crippen LogP contribution in [0.15, 0.2) is 228 Å². The van der Waals surface area contributed by atoms with Crippen molar-refractivity contribution in [1.29, 1.82) is 0 Å². The summed E-state index contributed by atoms with van der Waals surface area (Å²) in [5.41, 5.74) is 14.1. The average molecular weight is 903 g/mol. The molecule has 0 saturated carbocycles. The molecule has 1 unspecified atom stereocenters. The minimum Gasteiger partial charge on any atom is -0.456 e. The third-order valence-corrected chi connectivity index (χ3v) is 15.6. The van der Waals surface area contributed by atoms with E-state index in [2.05, 4.69) is 205 Å². The molecule has 1 spiro atoms. The van der Waals surface area contributed by atoms with Crippen molar-refractivity contribution >= 4 is 71.9 Å². The van der Waals surface area contributed by atoms with Crippen molar-refractivity contribution in [2.24, 2.45) is 0 Å². The Morgan fingerprint density at radius 2 is 1.20 bits per heavy atom. The van der Waals surface area contributed by atoms with Gasteiger partial charge in [-0.3, -0.25) is 4.57 Å². The van der Waals surface area contributed by atoms with Crippen molar-refractivity contribution in [1.82, 2.24) is 19.5 Å². The van der Waals surface area contributed by atoms with E-state index in [9.17, 15) is 0 Å². The van der Waals surface area contributed by atoms with Crippen molar-refractivity contribution in [3.05, 3.63) is 230 Å². The van der Waals surface area contributed by atoms with Gasteiger partial charge < -0.3 is 4.42 Å². The highest BCUT2D eigenvalue weighted by Gasteiger charge is 2.37. The number of aromatic nitrogens is 4. The SMILES string of the molecule is C1=CC=C(c2nc(-c3ccc4c(c3)oc3ccccc34)nc(-n3c4c(-c5cccc(-c6cccc(-c7ccc8c(c7)SCC87C=CC=CC7)c6)c5)cccc4c4ccc5ccccc5c43)n2)CC=C1. The van der Waals surface area contributed by atoms with Crippen LogP contribution in [0.2, 0.25) is 0 Å². The van der Waals surface area contributed by atoms with Crippen LogP contribution in [0.4, 0.5) is 0 Å². The summed E-state index contributed by atoms with van der Waals surface area (Å²) < 4.78 is 8.70. The lowest BCUT2D eigenvalue weighted by molar-refractivity contribution is 0.614. The molecule has 8 aromatic carbocycles. The van der Waals surface area contributed by atoms with Crippen LogP contribution in [0.25, 0.3) is 111 Å². The maximum absolute atomic E-state index is 6.40. The van der Waals surface area contributed by atoms with E-state index in [1.54, 1.807) is 0 Å². The summed E-state index contributed by atoms with van der Waals surface area (Å²) in [7, 11) is 0. The van der Waals surface area contributed by atoms with Gasteiger partial charge in [-0.05, 0) is 88.0 Å².